The third kappa shape index (κ3) is 4.75. The Kier molecular flexibility index (Phi) is 6.74. The molecular formula is C25H27N3O4S. The fraction of sp³-hybridized carbons (Fsp3) is 0.320. The van der Waals surface area contributed by atoms with Crippen LogP contribution < -0.4 is 20.3 Å². The Morgan fingerprint density at radius 1 is 1.15 bits per heavy atom. The number of ether oxygens (including phenoxy) is 2. The molecule has 1 aliphatic heterocycles. The zero-order chi connectivity index (χ0) is 23.5. The largest absolute Gasteiger partial charge is 0.493 e. The smallest absolute Gasteiger partial charge is 0.279 e. The van der Waals surface area contributed by atoms with E-state index in [4.69, 9.17) is 9.47 Å². The minimum Gasteiger partial charge on any atom is -0.493 e. The fourth-order valence-electron chi connectivity index (χ4n) is 3.94. The van der Waals surface area contributed by atoms with Crippen molar-refractivity contribution in [2.24, 2.45) is 7.05 Å². The van der Waals surface area contributed by atoms with E-state index in [2.05, 4.69) is 10.3 Å². The van der Waals surface area contributed by atoms with E-state index in [9.17, 15) is 9.59 Å². The third-order valence-corrected chi connectivity index (χ3v) is 6.59. The molecule has 0 fully saturated rings. The summed E-state index contributed by atoms with van der Waals surface area (Å²) in [7, 11) is 3.39. The lowest BCUT2D eigenvalue weighted by Crippen LogP contribution is -2.33. The average Bonchev–Trinajstić information content (AvgIpc) is 2.81. The molecule has 0 aliphatic carbocycles. The number of hydrogen-bond acceptors (Lipinski definition) is 6. The molecule has 33 heavy (non-hydrogen) atoms. The number of aromatic nitrogens is 2. The fourth-order valence-corrected chi connectivity index (χ4v) is 4.63. The predicted molar refractivity (Wildman–Crippen MR) is 129 cm³/mol. The van der Waals surface area contributed by atoms with Gasteiger partial charge in [0.05, 0.1) is 12.7 Å². The van der Waals surface area contributed by atoms with Crippen molar-refractivity contribution in [3.05, 3.63) is 75.1 Å². The summed E-state index contributed by atoms with van der Waals surface area (Å²) in [5.74, 6) is 1.88. The van der Waals surface area contributed by atoms with Crippen molar-refractivity contribution >= 4 is 23.5 Å². The van der Waals surface area contributed by atoms with Crippen molar-refractivity contribution in [3.63, 3.8) is 0 Å². The number of methoxy groups -OCH3 is 1. The Bertz CT molecular complexity index is 1240. The summed E-state index contributed by atoms with van der Waals surface area (Å²) in [6.07, 6.45) is 0.164. The third-order valence-electron chi connectivity index (χ3n) is 5.68. The topological polar surface area (TPSA) is 82.5 Å². The van der Waals surface area contributed by atoms with Crippen LogP contribution in [0.4, 0.5) is 5.82 Å². The number of aryl methyl sites for hydroxylation is 1. The van der Waals surface area contributed by atoms with Crippen LogP contribution >= 0.6 is 11.8 Å². The first kappa shape index (κ1) is 22.9. The molecule has 1 unspecified atom stereocenters. The van der Waals surface area contributed by atoms with Gasteiger partial charge in [-0.2, -0.15) is 4.98 Å². The van der Waals surface area contributed by atoms with Gasteiger partial charge in [-0.1, -0.05) is 54.6 Å². The Balaban J connectivity index is 1.67. The van der Waals surface area contributed by atoms with Crippen LogP contribution in [-0.2, 0) is 18.4 Å². The number of carbonyl (C=O) groups is 1. The number of hydrogen-bond donors (Lipinski definition) is 1. The first-order chi connectivity index (χ1) is 15.9. The van der Waals surface area contributed by atoms with Gasteiger partial charge in [0.2, 0.25) is 5.91 Å². The summed E-state index contributed by atoms with van der Waals surface area (Å²) >= 11 is 1.46. The SMILES string of the molecule is CCSc1nc(=O)c2c(n1C)NC(=O)CC2c1ccc(OCc2ccc(C)cc2)c(OC)c1. The van der Waals surface area contributed by atoms with E-state index in [-0.39, 0.29) is 17.9 Å². The van der Waals surface area contributed by atoms with Crippen LogP contribution in [0.15, 0.2) is 52.4 Å². The molecule has 1 amide bonds. The van der Waals surface area contributed by atoms with Crippen molar-refractivity contribution in [1.82, 2.24) is 9.55 Å². The average molecular weight is 466 g/mol. The maximum absolute atomic E-state index is 13.0. The van der Waals surface area contributed by atoms with E-state index in [1.165, 1.54) is 17.3 Å². The second-order valence-electron chi connectivity index (χ2n) is 7.94. The second kappa shape index (κ2) is 9.70. The number of thioether (sulfide) groups is 1. The molecule has 1 aromatic heterocycles. The molecule has 0 saturated carbocycles. The van der Waals surface area contributed by atoms with E-state index < -0.39 is 5.92 Å². The quantitative estimate of drug-likeness (QED) is 0.415. The van der Waals surface area contributed by atoms with Gasteiger partial charge in [0.15, 0.2) is 16.7 Å². The van der Waals surface area contributed by atoms with Crippen LogP contribution in [0, 0.1) is 6.92 Å². The zero-order valence-corrected chi connectivity index (χ0v) is 20.0. The standard InChI is InChI=1S/C25H27N3O4S/c1-5-33-25-27-24(30)22-18(13-21(29)26-23(22)28(25)3)17-10-11-19(20(12-17)31-4)32-14-16-8-6-15(2)7-9-16/h6-12,18H,5,13-14H2,1-4H3,(H,26,29). The summed E-state index contributed by atoms with van der Waals surface area (Å²) < 4.78 is 13.3. The van der Waals surface area contributed by atoms with Gasteiger partial charge in [0.1, 0.15) is 12.4 Å². The molecule has 0 bridgehead atoms. The number of benzene rings is 2. The highest BCUT2D eigenvalue weighted by atomic mass is 32.2. The molecule has 0 radical (unpaired) electrons. The summed E-state index contributed by atoms with van der Waals surface area (Å²) in [4.78, 5) is 29.8. The molecular weight excluding hydrogens is 438 g/mol. The highest BCUT2D eigenvalue weighted by Crippen LogP contribution is 2.39. The van der Waals surface area contributed by atoms with Gasteiger partial charge in [-0.15, -0.1) is 0 Å². The first-order valence-electron chi connectivity index (χ1n) is 10.8. The lowest BCUT2D eigenvalue weighted by atomic mass is 9.86. The molecule has 4 rings (SSSR count). The van der Waals surface area contributed by atoms with Crippen molar-refractivity contribution in [1.29, 1.82) is 0 Å². The van der Waals surface area contributed by atoms with E-state index >= 15 is 0 Å². The molecule has 0 spiro atoms. The lowest BCUT2D eigenvalue weighted by Gasteiger charge is -2.28. The molecule has 1 N–H and O–H groups in total. The van der Waals surface area contributed by atoms with Crippen molar-refractivity contribution in [2.45, 2.75) is 37.9 Å². The van der Waals surface area contributed by atoms with Gasteiger partial charge in [-0.25, -0.2) is 0 Å². The first-order valence-corrected chi connectivity index (χ1v) is 11.8. The molecule has 1 atom stereocenters. The van der Waals surface area contributed by atoms with E-state index in [1.807, 2.05) is 63.4 Å². The minimum atomic E-state index is -0.416. The molecule has 3 aromatic rings. The highest BCUT2D eigenvalue weighted by molar-refractivity contribution is 7.99. The molecule has 2 aromatic carbocycles. The summed E-state index contributed by atoms with van der Waals surface area (Å²) in [6.45, 7) is 4.45. The lowest BCUT2D eigenvalue weighted by molar-refractivity contribution is -0.116. The van der Waals surface area contributed by atoms with Gasteiger partial charge in [-0.3, -0.25) is 9.59 Å². The zero-order valence-electron chi connectivity index (χ0n) is 19.2. The summed E-state index contributed by atoms with van der Waals surface area (Å²) in [5.41, 5.74) is 3.23. The number of carbonyl (C=O) groups excluding carboxylic acids is 1. The molecule has 1 aliphatic rings. The molecule has 2 heterocycles. The number of anilines is 1. The monoisotopic (exact) mass is 465 g/mol. The van der Waals surface area contributed by atoms with Crippen LogP contribution in [0.5, 0.6) is 11.5 Å². The van der Waals surface area contributed by atoms with Crippen molar-refractivity contribution < 1.29 is 14.3 Å². The van der Waals surface area contributed by atoms with Crippen LogP contribution in [0.3, 0.4) is 0 Å². The number of rotatable bonds is 7. The van der Waals surface area contributed by atoms with Crippen LogP contribution in [0.1, 0.15) is 41.5 Å². The Morgan fingerprint density at radius 2 is 1.91 bits per heavy atom. The van der Waals surface area contributed by atoms with Gasteiger partial charge in [0.25, 0.3) is 5.56 Å². The molecule has 172 valence electrons. The highest BCUT2D eigenvalue weighted by Gasteiger charge is 2.32. The Hall–Kier alpha value is -3.26. The molecule has 8 heteroatoms. The van der Waals surface area contributed by atoms with Gasteiger partial charge >= 0.3 is 0 Å². The van der Waals surface area contributed by atoms with E-state index in [0.29, 0.717) is 34.6 Å². The second-order valence-corrected chi connectivity index (χ2v) is 9.17. The van der Waals surface area contributed by atoms with Crippen molar-refractivity contribution in [2.75, 3.05) is 18.2 Å². The maximum Gasteiger partial charge on any atom is 0.279 e. The number of nitrogens with zero attached hydrogens (tertiary/aromatic N) is 2. The number of amides is 1. The summed E-state index contributed by atoms with van der Waals surface area (Å²) in [6, 6.07) is 13.7. The summed E-state index contributed by atoms with van der Waals surface area (Å²) in [5, 5.41) is 3.45. The number of nitrogens with one attached hydrogen (secondary N) is 1. The van der Waals surface area contributed by atoms with Crippen LogP contribution in [-0.4, -0.2) is 28.3 Å². The Morgan fingerprint density at radius 3 is 2.61 bits per heavy atom. The van der Waals surface area contributed by atoms with Gasteiger partial charge < -0.3 is 19.4 Å². The van der Waals surface area contributed by atoms with Gasteiger partial charge in [-0.05, 0) is 35.9 Å². The van der Waals surface area contributed by atoms with Crippen LogP contribution in [0.2, 0.25) is 0 Å². The van der Waals surface area contributed by atoms with Crippen molar-refractivity contribution in [3.8, 4) is 11.5 Å². The van der Waals surface area contributed by atoms with Crippen LogP contribution in [0.25, 0.3) is 0 Å². The number of fused-ring (bicyclic) bond motifs is 1. The van der Waals surface area contributed by atoms with Gasteiger partial charge in [0, 0.05) is 19.4 Å². The minimum absolute atomic E-state index is 0.139. The van der Waals surface area contributed by atoms with E-state index in [1.54, 1.807) is 11.7 Å². The molecule has 0 saturated heterocycles. The molecule has 7 nitrogen and oxygen atoms in total. The van der Waals surface area contributed by atoms with E-state index in [0.717, 1.165) is 16.9 Å². The Labute approximate surface area is 197 Å². The predicted octanol–water partition coefficient (Wildman–Crippen LogP) is 4.26. The normalized spacial score (nSPS) is 15.0. The maximum atomic E-state index is 13.0.